The first kappa shape index (κ1) is 30.9. The molecule has 3 fully saturated rings. The first-order valence-electron chi connectivity index (χ1n) is 14.6. The molecular weight excluding hydrogens is 565 g/mol. The third-order valence-electron chi connectivity index (χ3n) is 8.94. The molecule has 0 unspecified atom stereocenters. The molecule has 0 atom stereocenters. The number of hydrogen-bond donors (Lipinski definition) is 0. The van der Waals surface area contributed by atoms with Crippen molar-refractivity contribution < 1.29 is 44.9 Å². The molecule has 10 heteroatoms. The Morgan fingerprint density at radius 3 is 1.98 bits per heavy atom. The number of rotatable bonds is 7. The van der Waals surface area contributed by atoms with Gasteiger partial charge in [-0.15, -0.1) is 0 Å². The second-order valence-electron chi connectivity index (χ2n) is 12.0. The summed E-state index contributed by atoms with van der Waals surface area (Å²) in [6, 6.07) is 6.21. The van der Waals surface area contributed by atoms with Gasteiger partial charge in [-0.25, -0.2) is 13.2 Å². The zero-order chi connectivity index (χ0) is 30.0. The summed E-state index contributed by atoms with van der Waals surface area (Å²) in [7, 11) is 0. The summed E-state index contributed by atoms with van der Waals surface area (Å²) >= 11 is 0. The van der Waals surface area contributed by atoms with E-state index in [-0.39, 0.29) is 42.9 Å². The summed E-state index contributed by atoms with van der Waals surface area (Å²) in [6.07, 6.45) is -1.88. The van der Waals surface area contributed by atoms with Crippen molar-refractivity contribution >= 4 is 6.08 Å². The van der Waals surface area contributed by atoms with Crippen molar-refractivity contribution in [2.45, 2.75) is 82.5 Å². The van der Waals surface area contributed by atoms with Crippen molar-refractivity contribution in [3.8, 4) is 5.75 Å². The highest BCUT2D eigenvalue weighted by Gasteiger charge is 2.44. The van der Waals surface area contributed by atoms with Gasteiger partial charge >= 0.3 is 6.11 Å². The van der Waals surface area contributed by atoms with Crippen molar-refractivity contribution in [2.75, 3.05) is 13.2 Å². The van der Waals surface area contributed by atoms with E-state index in [0.717, 1.165) is 31.2 Å². The van der Waals surface area contributed by atoms with Gasteiger partial charge in [-0.1, -0.05) is 19.1 Å². The van der Waals surface area contributed by atoms with Gasteiger partial charge in [0.15, 0.2) is 6.29 Å². The lowest BCUT2D eigenvalue weighted by molar-refractivity contribution is -0.226. The van der Waals surface area contributed by atoms with Gasteiger partial charge < -0.3 is 14.2 Å². The second kappa shape index (κ2) is 13.0. The van der Waals surface area contributed by atoms with Crippen LogP contribution in [0, 0.1) is 35.2 Å². The van der Waals surface area contributed by atoms with Crippen LogP contribution < -0.4 is 4.74 Å². The fraction of sp³-hybridized carbons (Fsp3) is 0.562. The molecule has 0 amide bonds. The van der Waals surface area contributed by atoms with Gasteiger partial charge in [-0.2, -0.15) is 17.6 Å². The van der Waals surface area contributed by atoms with Crippen LogP contribution in [-0.2, 0) is 9.47 Å². The predicted molar refractivity (Wildman–Crippen MR) is 143 cm³/mol. The van der Waals surface area contributed by atoms with Gasteiger partial charge in [-0.05, 0) is 80.4 Å². The Morgan fingerprint density at radius 2 is 1.40 bits per heavy atom. The molecule has 1 aliphatic heterocycles. The largest absolute Gasteiger partial charge is 0.432 e. The van der Waals surface area contributed by atoms with E-state index in [9.17, 15) is 26.3 Å². The molecule has 0 N–H and O–H groups in total. The molecule has 2 aromatic rings. The molecule has 1 saturated heterocycles. The molecule has 0 bridgehead atoms. The number of ether oxygens (including phenoxy) is 3. The smallest absolute Gasteiger partial charge is 0.400 e. The second-order valence-corrected chi connectivity index (χ2v) is 12.0. The van der Waals surface area contributed by atoms with E-state index in [2.05, 4.69) is 11.7 Å². The van der Waals surface area contributed by atoms with E-state index in [1.807, 2.05) is 6.07 Å². The maximum Gasteiger partial charge on any atom is 0.400 e. The number of hydrogen-bond acceptors (Lipinski definition) is 3. The van der Waals surface area contributed by atoms with Crippen molar-refractivity contribution in [1.29, 1.82) is 0 Å². The molecule has 2 saturated carbocycles. The average molecular weight is 601 g/mol. The minimum atomic E-state index is -3.75. The highest BCUT2D eigenvalue weighted by atomic mass is 19.3. The summed E-state index contributed by atoms with van der Waals surface area (Å²) in [5.41, 5.74) is 0.406. The maximum absolute atomic E-state index is 15.3. The SMILES string of the molecule is CC1COC(C2CCC(c3ccc(C4CCC(C(F)(F)Oc5cc(F)c(C=C(F)F)c(F)c5)CC4)c(F)c3)CC2)OC1. The third kappa shape index (κ3) is 7.13. The molecule has 2 aliphatic carbocycles. The first-order chi connectivity index (χ1) is 20.0. The van der Waals surface area contributed by atoms with Gasteiger partial charge in [-0.3, -0.25) is 0 Å². The molecule has 1 heterocycles. The Balaban J connectivity index is 1.15. The molecule has 3 nitrogen and oxygen atoms in total. The van der Waals surface area contributed by atoms with Gasteiger partial charge in [0.1, 0.15) is 23.2 Å². The van der Waals surface area contributed by atoms with E-state index in [1.165, 1.54) is 0 Å². The highest BCUT2D eigenvalue weighted by Crippen LogP contribution is 2.45. The molecule has 0 aromatic heterocycles. The standard InChI is InChI=1S/C32H35F7O3/c1-18-16-40-31(41-17-18)21-4-2-19(3-5-21)22-8-11-25(27(33)12-22)20-6-9-23(10-7-20)32(38,39)42-24-13-28(34)26(15-30(36)37)29(35)14-24/h8,11-15,18-21,23,31H,2-7,9-10,16-17H2,1H3. The van der Waals surface area contributed by atoms with E-state index in [0.29, 0.717) is 55.6 Å². The van der Waals surface area contributed by atoms with E-state index in [1.54, 1.807) is 12.1 Å². The van der Waals surface area contributed by atoms with Crippen LogP contribution in [0.5, 0.6) is 5.75 Å². The molecule has 42 heavy (non-hydrogen) atoms. The lowest BCUT2D eigenvalue weighted by Gasteiger charge is -2.37. The van der Waals surface area contributed by atoms with E-state index < -0.39 is 41.1 Å². The molecular formula is C32H35F7O3. The van der Waals surface area contributed by atoms with Crippen LogP contribution in [0.15, 0.2) is 36.4 Å². The van der Waals surface area contributed by atoms with Crippen molar-refractivity contribution in [3.05, 3.63) is 70.6 Å². The summed E-state index contributed by atoms with van der Waals surface area (Å²) < 4.78 is 114. The minimum absolute atomic E-state index is 0.0196. The van der Waals surface area contributed by atoms with Crippen LogP contribution in [0.2, 0.25) is 0 Å². The molecule has 3 aliphatic rings. The lowest BCUT2D eigenvalue weighted by Crippen LogP contribution is -2.37. The van der Waals surface area contributed by atoms with Gasteiger partial charge in [0.25, 0.3) is 6.08 Å². The first-order valence-corrected chi connectivity index (χ1v) is 14.6. The topological polar surface area (TPSA) is 27.7 Å². The van der Waals surface area contributed by atoms with Gasteiger partial charge in [0, 0.05) is 30.0 Å². The van der Waals surface area contributed by atoms with Crippen LogP contribution in [0.25, 0.3) is 6.08 Å². The van der Waals surface area contributed by atoms with E-state index >= 15 is 4.39 Å². The summed E-state index contributed by atoms with van der Waals surface area (Å²) in [6.45, 7) is 3.51. The van der Waals surface area contributed by atoms with Crippen LogP contribution >= 0.6 is 0 Å². The van der Waals surface area contributed by atoms with Crippen molar-refractivity contribution in [2.24, 2.45) is 17.8 Å². The Hall–Kier alpha value is -2.59. The molecule has 2 aromatic carbocycles. The average Bonchev–Trinajstić information content (AvgIpc) is 2.95. The summed E-state index contributed by atoms with van der Waals surface area (Å²) in [4.78, 5) is 0. The molecule has 230 valence electrons. The summed E-state index contributed by atoms with van der Waals surface area (Å²) in [5, 5.41) is 0. The third-order valence-corrected chi connectivity index (χ3v) is 8.94. The zero-order valence-corrected chi connectivity index (χ0v) is 23.4. The quantitative estimate of drug-likeness (QED) is 0.296. The monoisotopic (exact) mass is 600 g/mol. The van der Waals surface area contributed by atoms with Crippen molar-refractivity contribution in [3.63, 3.8) is 0 Å². The minimum Gasteiger partial charge on any atom is -0.432 e. The number of halogens is 7. The maximum atomic E-state index is 15.3. The fourth-order valence-electron chi connectivity index (χ4n) is 6.59. The normalized spacial score (nSPS) is 28.8. The van der Waals surface area contributed by atoms with E-state index in [4.69, 9.17) is 9.47 Å². The Kier molecular flexibility index (Phi) is 9.52. The van der Waals surface area contributed by atoms with Crippen LogP contribution in [0.3, 0.4) is 0 Å². The van der Waals surface area contributed by atoms with Crippen LogP contribution in [-0.4, -0.2) is 25.6 Å². The molecule has 5 rings (SSSR count). The van der Waals surface area contributed by atoms with Crippen LogP contribution in [0.4, 0.5) is 30.7 Å². The Bertz CT molecular complexity index is 1230. The molecule has 0 radical (unpaired) electrons. The Labute approximate surface area is 241 Å². The van der Waals surface area contributed by atoms with Crippen LogP contribution in [0.1, 0.15) is 86.8 Å². The predicted octanol–water partition coefficient (Wildman–Crippen LogP) is 9.57. The lowest BCUT2D eigenvalue weighted by atomic mass is 9.76. The fourth-order valence-corrected chi connectivity index (χ4v) is 6.59. The number of benzene rings is 2. The zero-order valence-electron chi connectivity index (χ0n) is 23.4. The number of alkyl halides is 2. The Morgan fingerprint density at radius 1 is 0.810 bits per heavy atom. The summed E-state index contributed by atoms with van der Waals surface area (Å²) in [5.74, 6) is -4.50. The highest BCUT2D eigenvalue weighted by molar-refractivity contribution is 5.53. The van der Waals surface area contributed by atoms with Gasteiger partial charge in [0.2, 0.25) is 0 Å². The molecule has 0 spiro atoms. The van der Waals surface area contributed by atoms with Crippen molar-refractivity contribution in [1.82, 2.24) is 0 Å². The van der Waals surface area contributed by atoms with Gasteiger partial charge in [0.05, 0.1) is 24.7 Å².